The van der Waals surface area contributed by atoms with Crippen LogP contribution in [0, 0.1) is 5.92 Å². The first-order chi connectivity index (χ1) is 8.66. The normalized spacial score (nSPS) is 13.1. The lowest BCUT2D eigenvalue weighted by atomic mass is 10.1. The average Bonchev–Trinajstić information content (AvgIpc) is 2.28. The van der Waals surface area contributed by atoms with Gasteiger partial charge in [0.05, 0.1) is 11.7 Å². The SMILES string of the molecule is CC(CCNC(=O)NCCS(=O)(=O)N(C)C)C(=O)O. The van der Waals surface area contributed by atoms with Crippen molar-refractivity contribution in [3.05, 3.63) is 0 Å². The quantitative estimate of drug-likeness (QED) is 0.547. The van der Waals surface area contributed by atoms with Gasteiger partial charge in [-0.25, -0.2) is 17.5 Å². The molecule has 0 aliphatic heterocycles. The molecule has 9 heteroatoms. The Kier molecular flexibility index (Phi) is 7.38. The van der Waals surface area contributed by atoms with Gasteiger partial charge in [0.25, 0.3) is 0 Å². The van der Waals surface area contributed by atoms with E-state index in [1.54, 1.807) is 6.92 Å². The minimum Gasteiger partial charge on any atom is -0.481 e. The highest BCUT2D eigenvalue weighted by atomic mass is 32.2. The molecule has 112 valence electrons. The number of carbonyl (C=O) groups is 2. The number of nitrogens with zero attached hydrogens (tertiary/aromatic N) is 1. The molecule has 0 aromatic rings. The zero-order valence-corrected chi connectivity index (χ0v) is 12.2. The van der Waals surface area contributed by atoms with Gasteiger partial charge in [0.1, 0.15) is 0 Å². The van der Waals surface area contributed by atoms with Crippen LogP contribution in [-0.4, -0.2) is 62.8 Å². The Morgan fingerprint density at radius 1 is 1.21 bits per heavy atom. The summed E-state index contributed by atoms with van der Waals surface area (Å²) in [6.45, 7) is 1.77. The van der Waals surface area contributed by atoms with Crippen LogP contribution in [0.25, 0.3) is 0 Å². The van der Waals surface area contributed by atoms with Gasteiger partial charge in [0.15, 0.2) is 0 Å². The standard InChI is InChI=1S/C10H21N3O5S/c1-8(9(14)15)4-5-11-10(16)12-6-7-19(17,18)13(2)3/h8H,4-7H2,1-3H3,(H,14,15)(H2,11,12,16). The number of nitrogens with one attached hydrogen (secondary N) is 2. The summed E-state index contributed by atoms with van der Waals surface area (Å²) in [6.07, 6.45) is 0.318. The van der Waals surface area contributed by atoms with Crippen molar-refractivity contribution in [1.29, 1.82) is 0 Å². The molecule has 0 aliphatic rings. The van der Waals surface area contributed by atoms with Crippen LogP contribution in [0.4, 0.5) is 4.79 Å². The molecule has 3 N–H and O–H groups in total. The molecule has 2 amide bonds. The molecule has 1 atom stereocenters. The number of amides is 2. The molecule has 0 radical (unpaired) electrons. The van der Waals surface area contributed by atoms with E-state index >= 15 is 0 Å². The van der Waals surface area contributed by atoms with Crippen molar-refractivity contribution in [2.45, 2.75) is 13.3 Å². The lowest BCUT2D eigenvalue weighted by Gasteiger charge is -2.12. The van der Waals surface area contributed by atoms with Gasteiger partial charge < -0.3 is 15.7 Å². The third kappa shape index (κ3) is 7.62. The van der Waals surface area contributed by atoms with E-state index in [2.05, 4.69) is 10.6 Å². The molecule has 19 heavy (non-hydrogen) atoms. The molecule has 0 fully saturated rings. The van der Waals surface area contributed by atoms with E-state index in [0.29, 0.717) is 6.42 Å². The van der Waals surface area contributed by atoms with Crippen LogP contribution in [0.3, 0.4) is 0 Å². The van der Waals surface area contributed by atoms with Crippen molar-refractivity contribution in [3.8, 4) is 0 Å². The maximum atomic E-state index is 11.4. The largest absolute Gasteiger partial charge is 0.481 e. The van der Waals surface area contributed by atoms with Gasteiger partial charge in [-0.3, -0.25) is 4.79 Å². The molecule has 0 saturated carbocycles. The Bertz CT molecular complexity index is 407. The van der Waals surface area contributed by atoms with Crippen molar-refractivity contribution >= 4 is 22.0 Å². The van der Waals surface area contributed by atoms with Crippen LogP contribution in [-0.2, 0) is 14.8 Å². The summed E-state index contributed by atoms with van der Waals surface area (Å²) >= 11 is 0. The van der Waals surface area contributed by atoms with Crippen LogP contribution in [0.2, 0.25) is 0 Å². The molecule has 0 saturated heterocycles. The van der Waals surface area contributed by atoms with E-state index in [1.807, 2.05) is 0 Å². The zero-order valence-electron chi connectivity index (χ0n) is 11.3. The van der Waals surface area contributed by atoms with E-state index in [4.69, 9.17) is 5.11 Å². The lowest BCUT2D eigenvalue weighted by molar-refractivity contribution is -0.141. The Balaban J connectivity index is 3.81. The van der Waals surface area contributed by atoms with Crippen molar-refractivity contribution in [3.63, 3.8) is 0 Å². The van der Waals surface area contributed by atoms with Gasteiger partial charge >= 0.3 is 12.0 Å². The number of carboxylic acids is 1. The number of hydrogen-bond donors (Lipinski definition) is 3. The molecular formula is C10H21N3O5S. The fraction of sp³-hybridized carbons (Fsp3) is 0.800. The van der Waals surface area contributed by atoms with E-state index in [9.17, 15) is 18.0 Å². The zero-order chi connectivity index (χ0) is 15.1. The Morgan fingerprint density at radius 2 is 1.74 bits per heavy atom. The van der Waals surface area contributed by atoms with E-state index < -0.39 is 27.9 Å². The Morgan fingerprint density at radius 3 is 2.21 bits per heavy atom. The number of sulfonamides is 1. The first kappa shape index (κ1) is 17.6. The van der Waals surface area contributed by atoms with E-state index in [-0.39, 0.29) is 18.8 Å². The second kappa shape index (κ2) is 7.95. The molecule has 0 aromatic carbocycles. The second-order valence-corrected chi connectivity index (χ2v) is 6.61. The molecule has 0 bridgehead atoms. The van der Waals surface area contributed by atoms with Gasteiger partial charge in [-0.15, -0.1) is 0 Å². The number of urea groups is 1. The Hall–Kier alpha value is -1.35. The molecular weight excluding hydrogens is 274 g/mol. The third-order valence-corrected chi connectivity index (χ3v) is 4.32. The van der Waals surface area contributed by atoms with Crippen LogP contribution in [0.5, 0.6) is 0 Å². The fourth-order valence-electron chi connectivity index (χ4n) is 1.06. The van der Waals surface area contributed by atoms with Crippen molar-refractivity contribution in [1.82, 2.24) is 14.9 Å². The molecule has 8 nitrogen and oxygen atoms in total. The minimum absolute atomic E-state index is 0.000824. The van der Waals surface area contributed by atoms with E-state index in [1.165, 1.54) is 14.1 Å². The number of rotatable bonds is 8. The molecule has 0 spiro atoms. The van der Waals surface area contributed by atoms with Gasteiger partial charge in [-0.2, -0.15) is 0 Å². The average molecular weight is 295 g/mol. The molecule has 0 aromatic heterocycles. The monoisotopic (exact) mass is 295 g/mol. The first-order valence-electron chi connectivity index (χ1n) is 5.81. The van der Waals surface area contributed by atoms with Crippen LogP contribution in [0.1, 0.15) is 13.3 Å². The summed E-state index contributed by atoms with van der Waals surface area (Å²) in [6, 6.07) is -0.508. The summed E-state index contributed by atoms with van der Waals surface area (Å²) in [5, 5.41) is 13.5. The fourth-order valence-corrected chi connectivity index (χ4v) is 1.79. The highest BCUT2D eigenvalue weighted by Gasteiger charge is 2.14. The lowest BCUT2D eigenvalue weighted by Crippen LogP contribution is -2.40. The highest BCUT2D eigenvalue weighted by Crippen LogP contribution is 1.99. The van der Waals surface area contributed by atoms with Crippen molar-refractivity contribution in [2.75, 3.05) is 32.9 Å². The minimum atomic E-state index is -3.33. The topological polar surface area (TPSA) is 116 Å². The molecule has 1 unspecified atom stereocenters. The summed E-state index contributed by atoms with van der Waals surface area (Å²) in [5.41, 5.74) is 0. The maximum Gasteiger partial charge on any atom is 0.314 e. The number of aliphatic carboxylic acids is 1. The predicted octanol–water partition coefficient (Wildman–Crippen LogP) is -0.712. The van der Waals surface area contributed by atoms with Gasteiger partial charge in [-0.1, -0.05) is 6.92 Å². The van der Waals surface area contributed by atoms with Crippen molar-refractivity contribution < 1.29 is 23.1 Å². The number of carbonyl (C=O) groups excluding carboxylic acids is 1. The molecule has 0 rings (SSSR count). The summed E-state index contributed by atoms with van der Waals surface area (Å²) in [5.74, 6) is -1.63. The van der Waals surface area contributed by atoms with Gasteiger partial charge in [-0.05, 0) is 6.42 Å². The smallest absolute Gasteiger partial charge is 0.314 e. The van der Waals surface area contributed by atoms with Crippen LogP contribution >= 0.6 is 0 Å². The second-order valence-electron chi connectivity index (χ2n) is 4.31. The van der Waals surface area contributed by atoms with Crippen LogP contribution in [0.15, 0.2) is 0 Å². The van der Waals surface area contributed by atoms with Crippen LogP contribution < -0.4 is 10.6 Å². The maximum absolute atomic E-state index is 11.4. The summed E-state index contributed by atoms with van der Waals surface area (Å²) in [4.78, 5) is 21.8. The van der Waals surface area contributed by atoms with E-state index in [0.717, 1.165) is 4.31 Å². The predicted molar refractivity (Wildman–Crippen MR) is 70.3 cm³/mol. The first-order valence-corrected chi connectivity index (χ1v) is 7.42. The van der Waals surface area contributed by atoms with Gasteiger partial charge in [0, 0.05) is 27.2 Å². The summed E-state index contributed by atoms with van der Waals surface area (Å²) in [7, 11) is -0.487. The highest BCUT2D eigenvalue weighted by molar-refractivity contribution is 7.89. The molecule has 0 aliphatic carbocycles. The Labute approximate surface area is 113 Å². The number of carboxylic acid groups (broad SMARTS) is 1. The number of hydrogen-bond acceptors (Lipinski definition) is 4. The van der Waals surface area contributed by atoms with Crippen molar-refractivity contribution in [2.24, 2.45) is 5.92 Å². The van der Waals surface area contributed by atoms with Gasteiger partial charge in [0.2, 0.25) is 10.0 Å². The molecule has 0 heterocycles. The third-order valence-electron chi connectivity index (χ3n) is 2.49. The summed E-state index contributed by atoms with van der Waals surface area (Å²) < 4.78 is 23.8.